The van der Waals surface area contributed by atoms with Gasteiger partial charge in [-0.2, -0.15) is 0 Å². The van der Waals surface area contributed by atoms with E-state index in [9.17, 15) is 4.79 Å². The minimum absolute atomic E-state index is 0.362. The maximum Gasteiger partial charge on any atom is 0.146 e. The SMILES string of the molecule is COC1CCCC1N1CCCC(=O)C1. The van der Waals surface area contributed by atoms with E-state index in [1.807, 2.05) is 0 Å². The minimum Gasteiger partial charge on any atom is -0.380 e. The van der Waals surface area contributed by atoms with E-state index >= 15 is 0 Å². The van der Waals surface area contributed by atoms with Gasteiger partial charge in [-0.25, -0.2) is 0 Å². The van der Waals surface area contributed by atoms with Crippen molar-refractivity contribution in [3.05, 3.63) is 0 Å². The number of carbonyl (C=O) groups is 1. The van der Waals surface area contributed by atoms with E-state index in [4.69, 9.17) is 4.74 Å². The second-order valence-corrected chi connectivity index (χ2v) is 4.39. The van der Waals surface area contributed by atoms with Gasteiger partial charge in [-0.15, -0.1) is 0 Å². The van der Waals surface area contributed by atoms with Gasteiger partial charge in [-0.3, -0.25) is 9.69 Å². The number of likely N-dealkylation sites (tertiary alicyclic amines) is 1. The molecule has 2 rings (SSSR count). The van der Waals surface area contributed by atoms with Crippen LogP contribution >= 0.6 is 0 Å². The predicted molar refractivity (Wildman–Crippen MR) is 54.3 cm³/mol. The van der Waals surface area contributed by atoms with Gasteiger partial charge in [0.25, 0.3) is 0 Å². The zero-order valence-corrected chi connectivity index (χ0v) is 8.87. The summed E-state index contributed by atoms with van der Waals surface area (Å²) in [4.78, 5) is 13.7. The molecule has 1 aliphatic heterocycles. The van der Waals surface area contributed by atoms with Crippen LogP contribution < -0.4 is 0 Å². The summed E-state index contributed by atoms with van der Waals surface area (Å²) in [5, 5.41) is 0. The number of hydrogen-bond acceptors (Lipinski definition) is 3. The molecule has 2 aliphatic rings. The molecule has 0 bridgehead atoms. The highest BCUT2D eigenvalue weighted by molar-refractivity contribution is 5.81. The van der Waals surface area contributed by atoms with Crippen LogP contribution in [0.4, 0.5) is 0 Å². The van der Waals surface area contributed by atoms with E-state index in [2.05, 4.69) is 4.90 Å². The molecule has 2 fully saturated rings. The molecule has 2 atom stereocenters. The molecule has 2 unspecified atom stereocenters. The van der Waals surface area contributed by atoms with Crippen LogP contribution in [0.5, 0.6) is 0 Å². The molecule has 0 aromatic rings. The molecule has 1 heterocycles. The molecule has 1 saturated heterocycles. The van der Waals surface area contributed by atoms with Crippen molar-refractivity contribution in [3.8, 4) is 0 Å². The Balaban J connectivity index is 1.95. The first-order valence-electron chi connectivity index (χ1n) is 5.60. The molecule has 1 aliphatic carbocycles. The summed E-state index contributed by atoms with van der Waals surface area (Å²) in [6, 6.07) is 0.504. The first-order valence-corrected chi connectivity index (χ1v) is 5.60. The topological polar surface area (TPSA) is 29.5 Å². The van der Waals surface area contributed by atoms with Gasteiger partial charge in [0.1, 0.15) is 5.78 Å². The molecular formula is C11H19NO2. The lowest BCUT2D eigenvalue weighted by Crippen LogP contribution is -2.46. The minimum atomic E-state index is 0.362. The van der Waals surface area contributed by atoms with Crippen molar-refractivity contribution in [2.45, 2.75) is 44.2 Å². The number of methoxy groups -OCH3 is 1. The van der Waals surface area contributed by atoms with Crippen molar-refractivity contribution in [1.29, 1.82) is 0 Å². The van der Waals surface area contributed by atoms with Gasteiger partial charge in [0, 0.05) is 19.6 Å². The van der Waals surface area contributed by atoms with Crippen molar-refractivity contribution in [2.75, 3.05) is 20.2 Å². The molecule has 0 amide bonds. The largest absolute Gasteiger partial charge is 0.380 e. The van der Waals surface area contributed by atoms with E-state index in [0.717, 1.165) is 25.8 Å². The van der Waals surface area contributed by atoms with E-state index in [-0.39, 0.29) is 0 Å². The Bertz CT molecular complexity index is 217. The van der Waals surface area contributed by atoms with Gasteiger partial charge in [-0.1, -0.05) is 0 Å². The van der Waals surface area contributed by atoms with Crippen LogP contribution in [-0.2, 0) is 9.53 Å². The molecule has 80 valence electrons. The molecule has 3 nitrogen and oxygen atoms in total. The molecule has 0 aromatic carbocycles. The molecule has 1 saturated carbocycles. The third-order valence-corrected chi connectivity index (χ3v) is 3.47. The molecule has 0 spiro atoms. The molecular weight excluding hydrogens is 178 g/mol. The molecule has 3 heteroatoms. The van der Waals surface area contributed by atoms with Crippen LogP contribution in [0.2, 0.25) is 0 Å². The van der Waals surface area contributed by atoms with Crippen LogP contribution in [0.15, 0.2) is 0 Å². The number of rotatable bonds is 2. The summed E-state index contributed by atoms with van der Waals surface area (Å²) in [5.74, 6) is 0.401. The van der Waals surface area contributed by atoms with E-state index in [0.29, 0.717) is 24.5 Å². The third kappa shape index (κ3) is 1.98. The quantitative estimate of drug-likeness (QED) is 0.666. The summed E-state index contributed by atoms with van der Waals surface area (Å²) >= 11 is 0. The lowest BCUT2D eigenvalue weighted by atomic mass is 10.1. The van der Waals surface area contributed by atoms with Crippen molar-refractivity contribution in [3.63, 3.8) is 0 Å². The van der Waals surface area contributed by atoms with Crippen molar-refractivity contribution < 1.29 is 9.53 Å². The lowest BCUT2D eigenvalue weighted by Gasteiger charge is -2.34. The average Bonchev–Trinajstić information content (AvgIpc) is 2.65. The molecule has 14 heavy (non-hydrogen) atoms. The van der Waals surface area contributed by atoms with Gasteiger partial charge >= 0.3 is 0 Å². The Hall–Kier alpha value is -0.410. The van der Waals surface area contributed by atoms with Crippen LogP contribution in [0, 0.1) is 0 Å². The van der Waals surface area contributed by atoms with E-state index in [1.54, 1.807) is 7.11 Å². The average molecular weight is 197 g/mol. The van der Waals surface area contributed by atoms with E-state index in [1.165, 1.54) is 12.8 Å². The number of ether oxygens (including phenoxy) is 1. The fraction of sp³-hybridized carbons (Fsp3) is 0.909. The van der Waals surface area contributed by atoms with Crippen LogP contribution in [0.25, 0.3) is 0 Å². The van der Waals surface area contributed by atoms with Crippen LogP contribution in [-0.4, -0.2) is 43.0 Å². The Labute approximate surface area is 85.4 Å². The van der Waals surface area contributed by atoms with Gasteiger partial charge in [0.05, 0.1) is 12.6 Å². The number of nitrogens with zero attached hydrogens (tertiary/aromatic N) is 1. The Morgan fingerprint density at radius 1 is 1.36 bits per heavy atom. The van der Waals surface area contributed by atoms with E-state index < -0.39 is 0 Å². The summed E-state index contributed by atoms with van der Waals surface area (Å²) in [6.07, 6.45) is 5.78. The first kappa shape index (κ1) is 10.1. The normalized spacial score (nSPS) is 35.1. The third-order valence-electron chi connectivity index (χ3n) is 3.47. The zero-order valence-electron chi connectivity index (χ0n) is 8.87. The van der Waals surface area contributed by atoms with Crippen LogP contribution in [0.1, 0.15) is 32.1 Å². The van der Waals surface area contributed by atoms with Crippen LogP contribution in [0.3, 0.4) is 0 Å². The maximum atomic E-state index is 11.3. The Kier molecular flexibility index (Phi) is 3.19. The molecule has 0 radical (unpaired) electrons. The number of hydrogen-bond donors (Lipinski definition) is 0. The van der Waals surface area contributed by atoms with Gasteiger partial charge in [0.15, 0.2) is 0 Å². The smallest absolute Gasteiger partial charge is 0.146 e. The summed E-state index contributed by atoms with van der Waals surface area (Å²) in [6.45, 7) is 1.74. The first-order chi connectivity index (χ1) is 6.81. The van der Waals surface area contributed by atoms with Crippen molar-refractivity contribution >= 4 is 5.78 Å². The van der Waals surface area contributed by atoms with Crippen molar-refractivity contribution in [1.82, 2.24) is 4.90 Å². The Morgan fingerprint density at radius 3 is 2.93 bits per heavy atom. The van der Waals surface area contributed by atoms with Gasteiger partial charge in [0.2, 0.25) is 0 Å². The van der Waals surface area contributed by atoms with Gasteiger partial charge < -0.3 is 4.74 Å². The highest BCUT2D eigenvalue weighted by Crippen LogP contribution is 2.27. The fourth-order valence-electron chi connectivity index (χ4n) is 2.75. The molecule has 0 N–H and O–H groups in total. The standard InChI is InChI=1S/C11H19NO2/c1-14-11-6-2-5-10(11)12-7-3-4-9(13)8-12/h10-11H,2-8H2,1H3. The Morgan fingerprint density at radius 2 is 2.21 bits per heavy atom. The highest BCUT2D eigenvalue weighted by atomic mass is 16.5. The predicted octanol–water partition coefficient (Wildman–Crippen LogP) is 1.22. The summed E-state index contributed by atoms with van der Waals surface area (Å²) in [5.41, 5.74) is 0. The number of piperidine rings is 1. The monoisotopic (exact) mass is 197 g/mol. The number of carbonyl (C=O) groups excluding carboxylic acids is 1. The fourth-order valence-corrected chi connectivity index (χ4v) is 2.75. The van der Waals surface area contributed by atoms with Crippen molar-refractivity contribution in [2.24, 2.45) is 0 Å². The maximum absolute atomic E-state index is 11.3. The molecule has 0 aromatic heterocycles. The second-order valence-electron chi connectivity index (χ2n) is 4.39. The number of ketones is 1. The second kappa shape index (κ2) is 4.41. The zero-order chi connectivity index (χ0) is 9.97. The number of Topliss-reactive ketones (excluding diaryl/α,β-unsaturated/α-hetero) is 1. The van der Waals surface area contributed by atoms with Gasteiger partial charge in [-0.05, 0) is 32.2 Å². The summed E-state index contributed by atoms with van der Waals surface area (Å²) in [7, 11) is 1.79. The summed E-state index contributed by atoms with van der Waals surface area (Å²) < 4.78 is 5.46. The lowest BCUT2D eigenvalue weighted by molar-refractivity contribution is -0.123. The highest BCUT2D eigenvalue weighted by Gasteiger charge is 2.34.